The lowest BCUT2D eigenvalue weighted by Gasteiger charge is -2.28. The Labute approximate surface area is 354 Å². The fraction of sp³-hybridized carbons (Fsp3) is 0.378. The SMILES string of the molecule is Cc1cccc(/C=N/Nc2cc(N3CCOCC3)nc(OCCc3ccc(NC(=O)CCCCCCCOc4cccc5c4C(=O)N(C4CCC(=O)NC4=O)C5=O)cc3)n2)c1. The molecule has 0 aliphatic carbocycles. The number of benzene rings is 3. The highest BCUT2D eigenvalue weighted by atomic mass is 16.5. The third-order valence-electron chi connectivity index (χ3n) is 10.6. The number of hydrogen-bond acceptors (Lipinski definition) is 13. The van der Waals surface area contributed by atoms with Crippen LogP contribution in [-0.4, -0.2) is 96.2 Å². The normalized spacial score (nSPS) is 16.4. The van der Waals surface area contributed by atoms with Gasteiger partial charge in [-0.1, -0.05) is 67.3 Å². The highest BCUT2D eigenvalue weighted by molar-refractivity contribution is 6.24. The van der Waals surface area contributed by atoms with Crippen LogP contribution in [0.25, 0.3) is 0 Å². The van der Waals surface area contributed by atoms with Crippen molar-refractivity contribution in [3.63, 3.8) is 0 Å². The number of imide groups is 2. The molecule has 0 saturated carbocycles. The summed E-state index contributed by atoms with van der Waals surface area (Å²) in [6.07, 6.45) is 7.03. The summed E-state index contributed by atoms with van der Waals surface area (Å²) in [5.41, 5.74) is 7.25. The van der Waals surface area contributed by atoms with Crippen LogP contribution in [0.4, 0.5) is 17.3 Å². The first-order valence-corrected chi connectivity index (χ1v) is 20.8. The zero-order chi connectivity index (χ0) is 42.6. The second kappa shape index (κ2) is 20.5. The third kappa shape index (κ3) is 11.3. The predicted octanol–water partition coefficient (Wildman–Crippen LogP) is 5.45. The number of nitrogens with one attached hydrogen (secondary N) is 3. The molecule has 5 amide bonds. The second-order valence-electron chi connectivity index (χ2n) is 15.1. The molecule has 1 aromatic heterocycles. The average molecular weight is 831 g/mol. The lowest BCUT2D eigenvalue weighted by atomic mass is 10.0. The molecule has 3 aliphatic heterocycles. The molecule has 7 rings (SSSR count). The maximum absolute atomic E-state index is 13.3. The van der Waals surface area contributed by atoms with Crippen molar-refractivity contribution in [2.45, 2.75) is 70.8 Å². The van der Waals surface area contributed by atoms with Crippen molar-refractivity contribution in [1.29, 1.82) is 0 Å². The fourth-order valence-electron chi connectivity index (χ4n) is 7.36. The van der Waals surface area contributed by atoms with Gasteiger partial charge in [-0.05, 0) is 61.6 Å². The number of amides is 5. The van der Waals surface area contributed by atoms with Gasteiger partial charge in [-0.15, -0.1) is 0 Å². The molecule has 0 radical (unpaired) electrons. The minimum atomic E-state index is -1.03. The van der Waals surface area contributed by atoms with Gasteiger partial charge in [0.05, 0.1) is 43.8 Å². The van der Waals surface area contributed by atoms with Crippen LogP contribution in [0.5, 0.6) is 11.8 Å². The van der Waals surface area contributed by atoms with Crippen LogP contribution in [0.3, 0.4) is 0 Å². The summed E-state index contributed by atoms with van der Waals surface area (Å²) < 4.78 is 17.5. The molecule has 4 aromatic rings. The number of aryl methyl sites for hydroxylation is 1. The first-order chi connectivity index (χ1) is 29.7. The van der Waals surface area contributed by atoms with E-state index in [1.54, 1.807) is 24.4 Å². The van der Waals surface area contributed by atoms with Crippen molar-refractivity contribution in [3.8, 4) is 11.8 Å². The van der Waals surface area contributed by atoms with Crippen LogP contribution in [0.2, 0.25) is 0 Å². The molecule has 16 heteroatoms. The molecule has 3 aliphatic rings. The molecule has 0 spiro atoms. The Hall–Kier alpha value is -6.68. The van der Waals surface area contributed by atoms with Crippen LogP contribution >= 0.6 is 0 Å². The summed E-state index contributed by atoms with van der Waals surface area (Å²) in [6, 6.07) is 21.7. The topological polar surface area (TPSA) is 194 Å². The second-order valence-corrected chi connectivity index (χ2v) is 15.1. The Bertz CT molecular complexity index is 2260. The molecule has 3 N–H and O–H groups in total. The van der Waals surface area contributed by atoms with E-state index >= 15 is 0 Å². The summed E-state index contributed by atoms with van der Waals surface area (Å²) in [4.78, 5) is 75.2. The van der Waals surface area contributed by atoms with Gasteiger partial charge >= 0.3 is 6.01 Å². The summed E-state index contributed by atoms with van der Waals surface area (Å²) in [5.74, 6) is -0.718. The monoisotopic (exact) mass is 830 g/mol. The van der Waals surface area contributed by atoms with Crippen LogP contribution in [0, 0.1) is 6.92 Å². The Morgan fingerprint density at radius 1 is 0.902 bits per heavy atom. The molecule has 318 valence electrons. The van der Waals surface area contributed by atoms with Crippen LogP contribution in [-0.2, 0) is 25.5 Å². The molecule has 3 aromatic carbocycles. The number of carbonyl (C=O) groups excluding carboxylic acids is 5. The van der Waals surface area contributed by atoms with Gasteiger partial charge in [0.25, 0.3) is 11.8 Å². The van der Waals surface area contributed by atoms with Gasteiger partial charge in [0.15, 0.2) is 5.82 Å². The quantitative estimate of drug-likeness (QED) is 0.0469. The molecular formula is C45H50N8O8. The number of piperidine rings is 1. The molecule has 2 saturated heterocycles. The van der Waals surface area contributed by atoms with Gasteiger partial charge in [-0.2, -0.15) is 15.1 Å². The van der Waals surface area contributed by atoms with Gasteiger partial charge in [0.2, 0.25) is 17.7 Å². The van der Waals surface area contributed by atoms with Gasteiger partial charge in [0, 0.05) is 44.1 Å². The first-order valence-electron chi connectivity index (χ1n) is 20.8. The number of fused-ring (bicyclic) bond motifs is 1. The van der Waals surface area contributed by atoms with Crippen molar-refractivity contribution in [1.82, 2.24) is 20.2 Å². The summed E-state index contributed by atoms with van der Waals surface area (Å²) in [7, 11) is 0. The summed E-state index contributed by atoms with van der Waals surface area (Å²) in [6.45, 7) is 5.42. The Morgan fingerprint density at radius 3 is 2.49 bits per heavy atom. The molecule has 2 fully saturated rings. The molecule has 1 atom stereocenters. The smallest absolute Gasteiger partial charge is 0.320 e. The molecule has 16 nitrogen and oxygen atoms in total. The van der Waals surface area contributed by atoms with E-state index < -0.39 is 29.7 Å². The Morgan fingerprint density at radius 2 is 1.69 bits per heavy atom. The van der Waals surface area contributed by atoms with Crippen molar-refractivity contribution in [3.05, 3.63) is 101 Å². The number of unbranched alkanes of at least 4 members (excludes halogenated alkanes) is 4. The average Bonchev–Trinajstić information content (AvgIpc) is 3.51. The minimum Gasteiger partial charge on any atom is -0.493 e. The first kappa shape index (κ1) is 42.4. The van der Waals surface area contributed by atoms with Crippen LogP contribution in [0.1, 0.15) is 88.8 Å². The Balaban J connectivity index is 0.793. The lowest BCUT2D eigenvalue weighted by Crippen LogP contribution is -2.54. The number of anilines is 3. The highest BCUT2D eigenvalue weighted by Gasteiger charge is 2.46. The van der Waals surface area contributed by atoms with Gasteiger partial charge in [-0.25, -0.2) is 0 Å². The van der Waals surface area contributed by atoms with Crippen molar-refractivity contribution < 1.29 is 38.2 Å². The largest absolute Gasteiger partial charge is 0.493 e. The van der Waals surface area contributed by atoms with E-state index in [9.17, 15) is 24.0 Å². The lowest BCUT2D eigenvalue weighted by molar-refractivity contribution is -0.136. The minimum absolute atomic E-state index is 0.0483. The number of hydrazone groups is 1. The fourth-order valence-corrected chi connectivity index (χ4v) is 7.36. The van der Waals surface area contributed by atoms with E-state index in [4.69, 9.17) is 14.2 Å². The number of morpholine rings is 1. The predicted molar refractivity (Wildman–Crippen MR) is 228 cm³/mol. The van der Waals surface area contributed by atoms with E-state index in [-0.39, 0.29) is 35.9 Å². The van der Waals surface area contributed by atoms with Crippen molar-refractivity contribution in [2.75, 3.05) is 55.2 Å². The molecule has 61 heavy (non-hydrogen) atoms. The zero-order valence-corrected chi connectivity index (χ0v) is 34.2. The van der Waals surface area contributed by atoms with E-state index in [2.05, 4.69) is 36.0 Å². The number of hydrogen-bond donors (Lipinski definition) is 3. The summed E-state index contributed by atoms with van der Waals surface area (Å²) >= 11 is 0. The molecular weight excluding hydrogens is 781 g/mol. The number of aromatic nitrogens is 2. The molecule has 0 bridgehead atoms. The third-order valence-corrected chi connectivity index (χ3v) is 10.6. The number of rotatable bonds is 19. The van der Waals surface area contributed by atoms with Crippen molar-refractivity contribution in [2.24, 2.45) is 5.10 Å². The molecule has 1 unspecified atom stereocenters. The number of nitrogens with zero attached hydrogens (tertiary/aromatic N) is 5. The van der Waals surface area contributed by atoms with E-state index in [0.717, 1.165) is 78.3 Å². The van der Waals surface area contributed by atoms with Crippen molar-refractivity contribution >= 4 is 53.1 Å². The number of carbonyl (C=O) groups is 5. The number of ether oxygens (including phenoxy) is 3. The van der Waals surface area contributed by atoms with Gasteiger partial charge in [-0.3, -0.25) is 39.6 Å². The zero-order valence-electron chi connectivity index (χ0n) is 34.2. The van der Waals surface area contributed by atoms with Crippen LogP contribution < -0.4 is 30.4 Å². The van der Waals surface area contributed by atoms with Gasteiger partial charge < -0.3 is 24.4 Å². The van der Waals surface area contributed by atoms with E-state index in [1.807, 2.05) is 61.5 Å². The van der Waals surface area contributed by atoms with E-state index in [0.29, 0.717) is 50.8 Å². The maximum Gasteiger partial charge on any atom is 0.320 e. The maximum atomic E-state index is 13.3. The Kier molecular flexibility index (Phi) is 14.3. The van der Waals surface area contributed by atoms with E-state index in [1.165, 1.54) is 0 Å². The highest BCUT2D eigenvalue weighted by Crippen LogP contribution is 2.34. The van der Waals surface area contributed by atoms with Crippen LogP contribution in [0.15, 0.2) is 77.9 Å². The standard InChI is InChI=1S/C45H50N8O8/c1-30-9-7-10-32(27-30)29-46-51-37-28-38(52-21-25-59-26-22-52)49-45(48-37)61-24-20-31-14-16-33(17-15-31)47-39(54)13-5-3-2-4-6-23-60-36-12-8-11-34-41(36)44(58)53(43(34)57)35-18-19-40(55)50-42(35)56/h7-12,14-17,27-29,35H,2-6,13,18-26H2,1H3,(H,47,54)(H,48,49,51)(H,50,55,56)/b46-29+. The molecule has 4 heterocycles. The van der Waals surface area contributed by atoms with Gasteiger partial charge in [0.1, 0.15) is 17.6 Å². The summed E-state index contributed by atoms with van der Waals surface area (Å²) in [5, 5.41) is 9.56.